The zero-order chi connectivity index (χ0) is 15.2. The van der Waals surface area contributed by atoms with Crippen molar-refractivity contribution in [2.45, 2.75) is 52.0 Å². The first kappa shape index (κ1) is 15.5. The molecule has 1 atom stereocenters. The Morgan fingerprint density at radius 3 is 2.67 bits per heavy atom. The highest BCUT2D eigenvalue weighted by atomic mass is 16.6. The molecule has 1 aliphatic rings. The number of hydrogen-bond donors (Lipinski definition) is 2. The van der Waals surface area contributed by atoms with Crippen molar-refractivity contribution in [1.82, 2.24) is 4.98 Å². The summed E-state index contributed by atoms with van der Waals surface area (Å²) in [5.74, 6) is 1.98. The maximum atomic E-state index is 11.0. The number of pyridine rings is 1. The summed E-state index contributed by atoms with van der Waals surface area (Å²) in [4.78, 5) is 15.1. The molecule has 21 heavy (non-hydrogen) atoms. The van der Waals surface area contributed by atoms with Gasteiger partial charge in [0.1, 0.15) is 11.6 Å². The molecule has 1 fully saturated rings. The van der Waals surface area contributed by atoms with E-state index in [-0.39, 0.29) is 10.6 Å². The van der Waals surface area contributed by atoms with Crippen molar-refractivity contribution < 1.29 is 4.92 Å². The summed E-state index contributed by atoms with van der Waals surface area (Å²) in [7, 11) is 0. The van der Waals surface area contributed by atoms with E-state index in [0.717, 1.165) is 31.7 Å². The SMILES string of the molecule is CCCNc1cc([N+](=O)[O-])cc(NC(CC)CC2CC2)n1. The molecule has 0 amide bonds. The van der Waals surface area contributed by atoms with Gasteiger partial charge in [0.2, 0.25) is 0 Å². The van der Waals surface area contributed by atoms with Crippen molar-refractivity contribution >= 4 is 17.3 Å². The topological polar surface area (TPSA) is 80.1 Å². The molecule has 0 aliphatic heterocycles. The first-order valence-electron chi connectivity index (χ1n) is 7.79. The molecule has 0 saturated heterocycles. The molecule has 0 radical (unpaired) electrons. The van der Waals surface area contributed by atoms with Crippen molar-refractivity contribution in [1.29, 1.82) is 0 Å². The number of hydrogen-bond acceptors (Lipinski definition) is 5. The highest BCUT2D eigenvalue weighted by Crippen LogP contribution is 2.35. The molecule has 0 bridgehead atoms. The lowest BCUT2D eigenvalue weighted by molar-refractivity contribution is -0.384. The molecule has 1 heterocycles. The zero-order valence-corrected chi connectivity index (χ0v) is 12.8. The van der Waals surface area contributed by atoms with E-state index in [2.05, 4.69) is 22.5 Å². The van der Waals surface area contributed by atoms with Gasteiger partial charge in [0.25, 0.3) is 5.69 Å². The van der Waals surface area contributed by atoms with Crippen LogP contribution in [0.15, 0.2) is 12.1 Å². The van der Waals surface area contributed by atoms with Gasteiger partial charge in [0.05, 0.1) is 17.1 Å². The maximum absolute atomic E-state index is 11.0. The molecular formula is C15H24N4O2. The summed E-state index contributed by atoms with van der Waals surface area (Å²) in [6, 6.07) is 3.35. The summed E-state index contributed by atoms with van der Waals surface area (Å²) < 4.78 is 0. The normalized spacial score (nSPS) is 15.5. The van der Waals surface area contributed by atoms with Crippen LogP contribution in [0.5, 0.6) is 0 Å². The summed E-state index contributed by atoms with van der Waals surface area (Å²) in [6.07, 6.45) is 5.69. The molecule has 0 spiro atoms. The van der Waals surface area contributed by atoms with Gasteiger partial charge >= 0.3 is 0 Å². The van der Waals surface area contributed by atoms with Crippen molar-refractivity contribution in [3.05, 3.63) is 22.2 Å². The van der Waals surface area contributed by atoms with Crippen molar-refractivity contribution in [3.8, 4) is 0 Å². The van der Waals surface area contributed by atoms with Gasteiger partial charge in [-0.25, -0.2) is 4.98 Å². The molecule has 1 saturated carbocycles. The molecule has 1 aromatic rings. The van der Waals surface area contributed by atoms with Crippen molar-refractivity contribution in [3.63, 3.8) is 0 Å². The van der Waals surface area contributed by atoms with Crippen LogP contribution >= 0.6 is 0 Å². The predicted molar refractivity (Wildman–Crippen MR) is 84.7 cm³/mol. The molecule has 1 unspecified atom stereocenters. The Kier molecular flexibility index (Phi) is 5.36. The van der Waals surface area contributed by atoms with Gasteiger partial charge in [-0.15, -0.1) is 0 Å². The summed E-state index contributed by atoms with van der Waals surface area (Å²) in [5.41, 5.74) is 0.0763. The van der Waals surface area contributed by atoms with E-state index in [9.17, 15) is 10.1 Å². The Morgan fingerprint density at radius 2 is 2.10 bits per heavy atom. The molecule has 6 nitrogen and oxygen atoms in total. The third-order valence-electron chi connectivity index (χ3n) is 3.74. The van der Waals surface area contributed by atoms with Crippen molar-refractivity contribution in [2.75, 3.05) is 17.2 Å². The van der Waals surface area contributed by atoms with Crippen LogP contribution < -0.4 is 10.6 Å². The van der Waals surface area contributed by atoms with Gasteiger partial charge in [-0.2, -0.15) is 0 Å². The first-order chi connectivity index (χ1) is 10.1. The highest BCUT2D eigenvalue weighted by molar-refractivity contribution is 5.55. The number of nitro groups is 1. The van der Waals surface area contributed by atoms with Crippen molar-refractivity contribution in [2.24, 2.45) is 5.92 Å². The van der Waals surface area contributed by atoms with Crippen LogP contribution in [0.2, 0.25) is 0 Å². The van der Waals surface area contributed by atoms with E-state index in [4.69, 9.17) is 0 Å². The van der Waals surface area contributed by atoms with E-state index in [1.165, 1.54) is 25.0 Å². The lowest BCUT2D eigenvalue weighted by Gasteiger charge is -2.18. The number of rotatable bonds is 9. The first-order valence-corrected chi connectivity index (χ1v) is 7.79. The number of anilines is 2. The van der Waals surface area contributed by atoms with Gasteiger partial charge in [-0.05, 0) is 25.2 Å². The van der Waals surface area contributed by atoms with E-state index >= 15 is 0 Å². The second-order valence-corrected chi connectivity index (χ2v) is 5.71. The fourth-order valence-electron chi connectivity index (χ4n) is 2.33. The molecule has 6 heteroatoms. The monoisotopic (exact) mass is 292 g/mol. The lowest BCUT2D eigenvalue weighted by Crippen LogP contribution is -2.20. The summed E-state index contributed by atoms with van der Waals surface area (Å²) >= 11 is 0. The van der Waals surface area contributed by atoms with Crippen LogP contribution in [0.1, 0.15) is 46.0 Å². The average Bonchev–Trinajstić information content (AvgIpc) is 3.28. The number of aromatic nitrogens is 1. The van der Waals surface area contributed by atoms with Crippen LogP contribution in [-0.4, -0.2) is 22.5 Å². The standard InChI is InChI=1S/C15H24N4O2/c1-3-7-16-14-9-13(19(20)21)10-15(18-14)17-12(4-2)8-11-5-6-11/h9-12H,3-8H2,1-2H3,(H2,16,17,18). The molecule has 1 aromatic heterocycles. The minimum Gasteiger partial charge on any atom is -0.370 e. The van der Waals surface area contributed by atoms with E-state index < -0.39 is 0 Å². The molecule has 116 valence electrons. The summed E-state index contributed by atoms with van der Waals surface area (Å²) in [5, 5.41) is 17.5. The van der Waals surface area contributed by atoms with Crippen LogP contribution in [0.25, 0.3) is 0 Å². The number of nitrogens with one attached hydrogen (secondary N) is 2. The van der Waals surface area contributed by atoms with E-state index in [1.54, 1.807) is 0 Å². The molecule has 0 aromatic carbocycles. The Bertz CT molecular complexity index is 489. The van der Waals surface area contributed by atoms with E-state index in [1.807, 2.05) is 6.92 Å². The Balaban J connectivity index is 2.11. The van der Waals surface area contributed by atoms with Crippen LogP contribution in [0.4, 0.5) is 17.3 Å². The minimum atomic E-state index is -0.369. The third kappa shape index (κ3) is 4.88. The average molecular weight is 292 g/mol. The quantitative estimate of drug-likeness (QED) is 0.534. The molecule has 1 aliphatic carbocycles. The second kappa shape index (κ2) is 7.24. The van der Waals surface area contributed by atoms with Gasteiger partial charge in [0, 0.05) is 12.6 Å². The third-order valence-corrected chi connectivity index (χ3v) is 3.74. The van der Waals surface area contributed by atoms with Gasteiger partial charge in [-0.3, -0.25) is 10.1 Å². The smallest absolute Gasteiger partial charge is 0.276 e. The summed E-state index contributed by atoms with van der Waals surface area (Å²) in [6.45, 7) is 4.94. The molecule has 2 N–H and O–H groups in total. The molecule has 2 rings (SSSR count). The fourth-order valence-corrected chi connectivity index (χ4v) is 2.33. The number of nitrogens with zero attached hydrogens (tertiary/aromatic N) is 2. The zero-order valence-electron chi connectivity index (χ0n) is 12.8. The van der Waals surface area contributed by atoms with Gasteiger partial charge in [-0.1, -0.05) is 26.7 Å². The van der Waals surface area contributed by atoms with Crippen LogP contribution in [0, 0.1) is 16.0 Å². The Labute approximate surface area is 125 Å². The highest BCUT2D eigenvalue weighted by Gasteiger charge is 2.25. The van der Waals surface area contributed by atoms with Gasteiger partial charge < -0.3 is 10.6 Å². The fraction of sp³-hybridized carbons (Fsp3) is 0.667. The largest absolute Gasteiger partial charge is 0.370 e. The Hall–Kier alpha value is -1.85. The van der Waals surface area contributed by atoms with Crippen LogP contribution in [-0.2, 0) is 0 Å². The minimum absolute atomic E-state index is 0.0763. The van der Waals surface area contributed by atoms with Gasteiger partial charge in [0.15, 0.2) is 0 Å². The van der Waals surface area contributed by atoms with Crippen LogP contribution in [0.3, 0.4) is 0 Å². The van der Waals surface area contributed by atoms with E-state index in [0.29, 0.717) is 17.7 Å². The molecular weight excluding hydrogens is 268 g/mol. The lowest BCUT2D eigenvalue weighted by atomic mass is 10.1. The predicted octanol–water partition coefficient (Wildman–Crippen LogP) is 3.80. The maximum Gasteiger partial charge on any atom is 0.276 e. The Morgan fingerprint density at radius 1 is 1.38 bits per heavy atom. The second-order valence-electron chi connectivity index (χ2n) is 5.71.